The monoisotopic (exact) mass is 227 g/mol. The van der Waals surface area contributed by atoms with Gasteiger partial charge in [0.2, 0.25) is 6.41 Å². The second-order valence-corrected chi connectivity index (χ2v) is 4.72. The summed E-state index contributed by atoms with van der Waals surface area (Å²) in [6.45, 7) is 2.26. The maximum absolute atomic E-state index is 11.5. The van der Waals surface area contributed by atoms with Crippen molar-refractivity contribution in [3.05, 3.63) is 0 Å². The van der Waals surface area contributed by atoms with E-state index in [0.717, 1.165) is 12.8 Å². The number of nitrogens with zero attached hydrogens (tertiary/aromatic N) is 1. The maximum Gasteiger partial charge on any atom is 0.329 e. The number of aliphatic carboxylic acids is 1. The fourth-order valence-electron chi connectivity index (χ4n) is 2.49. The zero-order valence-corrected chi connectivity index (χ0v) is 9.39. The molecule has 1 saturated carbocycles. The van der Waals surface area contributed by atoms with E-state index in [1.54, 1.807) is 0 Å². The van der Waals surface area contributed by atoms with E-state index < -0.39 is 11.5 Å². The number of hydrogen-bond donors (Lipinski definition) is 1. The van der Waals surface area contributed by atoms with Gasteiger partial charge in [-0.25, -0.2) is 4.79 Å². The first-order valence-corrected chi connectivity index (χ1v) is 5.69. The Bertz CT molecular complexity index is 302. The smallest absolute Gasteiger partial charge is 0.329 e. The molecular weight excluding hydrogens is 210 g/mol. The molecule has 1 heterocycles. The molecule has 0 aromatic carbocycles. The Morgan fingerprint density at radius 2 is 2.25 bits per heavy atom. The van der Waals surface area contributed by atoms with Gasteiger partial charge in [-0.15, -0.1) is 0 Å². The van der Waals surface area contributed by atoms with Crippen LogP contribution in [0.1, 0.15) is 32.6 Å². The minimum absolute atomic E-state index is 0.106. The number of carboxylic acid groups (broad SMARTS) is 1. The third kappa shape index (κ3) is 1.80. The first-order chi connectivity index (χ1) is 7.60. The van der Waals surface area contributed by atoms with Crippen LogP contribution in [0.3, 0.4) is 0 Å². The largest absolute Gasteiger partial charge is 0.479 e. The molecule has 2 fully saturated rings. The van der Waals surface area contributed by atoms with Gasteiger partial charge in [-0.2, -0.15) is 0 Å². The molecule has 0 bridgehead atoms. The normalized spacial score (nSPS) is 34.4. The minimum atomic E-state index is -1.04. The Labute approximate surface area is 94.4 Å². The van der Waals surface area contributed by atoms with Crippen LogP contribution in [-0.4, -0.2) is 46.7 Å². The molecule has 0 aromatic heterocycles. The van der Waals surface area contributed by atoms with Crippen molar-refractivity contribution in [3.8, 4) is 0 Å². The molecule has 5 nitrogen and oxygen atoms in total. The fraction of sp³-hybridized carbons (Fsp3) is 0.818. The summed E-state index contributed by atoms with van der Waals surface area (Å²) < 4.78 is 5.37. The summed E-state index contributed by atoms with van der Waals surface area (Å²) in [6.07, 6.45) is 3.21. The lowest BCUT2D eigenvalue weighted by Crippen LogP contribution is -2.59. The molecule has 2 atom stereocenters. The van der Waals surface area contributed by atoms with Crippen LogP contribution in [0.5, 0.6) is 0 Å². The summed E-state index contributed by atoms with van der Waals surface area (Å²) in [6, 6.07) is 0.124. The van der Waals surface area contributed by atoms with E-state index >= 15 is 0 Å². The third-order valence-corrected chi connectivity index (χ3v) is 3.49. The fourth-order valence-corrected chi connectivity index (χ4v) is 2.49. The van der Waals surface area contributed by atoms with Gasteiger partial charge in [-0.3, -0.25) is 4.79 Å². The first-order valence-electron chi connectivity index (χ1n) is 5.69. The van der Waals surface area contributed by atoms with E-state index in [1.807, 2.05) is 6.92 Å². The second kappa shape index (κ2) is 4.05. The highest BCUT2D eigenvalue weighted by molar-refractivity contribution is 5.82. The zero-order chi connectivity index (χ0) is 11.8. The predicted molar refractivity (Wildman–Crippen MR) is 55.9 cm³/mol. The molecule has 1 saturated heterocycles. The molecule has 1 aliphatic heterocycles. The third-order valence-electron chi connectivity index (χ3n) is 3.49. The molecule has 1 N–H and O–H groups in total. The van der Waals surface area contributed by atoms with Gasteiger partial charge in [0.1, 0.15) is 5.54 Å². The van der Waals surface area contributed by atoms with Gasteiger partial charge < -0.3 is 14.7 Å². The lowest BCUT2D eigenvalue weighted by molar-refractivity contribution is -0.166. The zero-order valence-electron chi connectivity index (χ0n) is 9.39. The molecule has 0 aromatic rings. The van der Waals surface area contributed by atoms with Crippen LogP contribution >= 0.6 is 0 Å². The molecule has 2 rings (SSSR count). The standard InChI is InChI=1S/C11H17NO4/c1-8-6-11(10(14)15,4-5-16-8)12(7-13)9-2-3-9/h7-9H,2-6H2,1H3,(H,14,15). The quantitative estimate of drug-likeness (QED) is 0.715. The molecule has 1 amide bonds. The predicted octanol–water partition coefficient (Wildman–Crippen LogP) is 0.629. The van der Waals surface area contributed by atoms with Gasteiger partial charge in [0, 0.05) is 25.5 Å². The highest BCUT2D eigenvalue weighted by Gasteiger charge is 2.51. The number of amides is 1. The van der Waals surface area contributed by atoms with E-state index in [0.29, 0.717) is 25.9 Å². The number of carboxylic acids is 1. The van der Waals surface area contributed by atoms with Gasteiger partial charge in [0.05, 0.1) is 6.10 Å². The molecule has 0 radical (unpaired) electrons. The van der Waals surface area contributed by atoms with Crippen molar-refractivity contribution in [2.45, 2.75) is 50.3 Å². The Balaban J connectivity index is 2.25. The number of ether oxygens (including phenoxy) is 1. The van der Waals surface area contributed by atoms with Crippen LogP contribution in [0.25, 0.3) is 0 Å². The molecular formula is C11H17NO4. The lowest BCUT2D eigenvalue weighted by Gasteiger charge is -2.43. The van der Waals surface area contributed by atoms with E-state index in [2.05, 4.69) is 0 Å². The Hall–Kier alpha value is -1.10. The summed E-state index contributed by atoms with van der Waals surface area (Å²) in [5, 5.41) is 9.43. The summed E-state index contributed by atoms with van der Waals surface area (Å²) in [7, 11) is 0. The van der Waals surface area contributed by atoms with Crippen molar-refractivity contribution >= 4 is 12.4 Å². The van der Waals surface area contributed by atoms with E-state index in [9.17, 15) is 14.7 Å². The number of rotatable bonds is 4. The lowest BCUT2D eigenvalue weighted by atomic mass is 9.85. The van der Waals surface area contributed by atoms with E-state index in [-0.39, 0.29) is 12.1 Å². The van der Waals surface area contributed by atoms with Gasteiger partial charge >= 0.3 is 5.97 Å². The average Bonchev–Trinajstić information content (AvgIpc) is 3.03. The van der Waals surface area contributed by atoms with Gasteiger partial charge in [-0.1, -0.05) is 0 Å². The number of carbonyl (C=O) groups excluding carboxylic acids is 1. The summed E-state index contributed by atoms with van der Waals surface area (Å²) in [5.41, 5.74) is -1.04. The van der Waals surface area contributed by atoms with Crippen LogP contribution in [0.4, 0.5) is 0 Å². The maximum atomic E-state index is 11.5. The molecule has 1 aliphatic carbocycles. The van der Waals surface area contributed by atoms with Crippen molar-refractivity contribution < 1.29 is 19.4 Å². The van der Waals surface area contributed by atoms with E-state index in [1.165, 1.54) is 4.90 Å². The first kappa shape index (κ1) is 11.4. The summed E-state index contributed by atoms with van der Waals surface area (Å²) in [4.78, 5) is 24.1. The van der Waals surface area contributed by atoms with Crippen molar-refractivity contribution in [3.63, 3.8) is 0 Å². The Kier molecular flexibility index (Phi) is 2.88. The van der Waals surface area contributed by atoms with Crippen LogP contribution in [-0.2, 0) is 14.3 Å². The molecule has 2 aliphatic rings. The van der Waals surface area contributed by atoms with Crippen molar-refractivity contribution in [2.24, 2.45) is 0 Å². The number of carbonyl (C=O) groups is 2. The highest BCUT2D eigenvalue weighted by atomic mass is 16.5. The second-order valence-electron chi connectivity index (χ2n) is 4.72. The van der Waals surface area contributed by atoms with Crippen LogP contribution in [0.2, 0.25) is 0 Å². The van der Waals surface area contributed by atoms with Crippen molar-refractivity contribution in [2.75, 3.05) is 6.61 Å². The van der Waals surface area contributed by atoms with Gasteiger partial charge in [-0.05, 0) is 19.8 Å². The van der Waals surface area contributed by atoms with Crippen molar-refractivity contribution in [1.29, 1.82) is 0 Å². The van der Waals surface area contributed by atoms with Crippen molar-refractivity contribution in [1.82, 2.24) is 4.90 Å². The Morgan fingerprint density at radius 3 is 2.69 bits per heavy atom. The topological polar surface area (TPSA) is 66.8 Å². The summed E-state index contributed by atoms with van der Waals surface area (Å²) in [5.74, 6) is -0.901. The Morgan fingerprint density at radius 1 is 1.56 bits per heavy atom. The molecule has 5 heteroatoms. The number of hydrogen-bond acceptors (Lipinski definition) is 3. The molecule has 16 heavy (non-hydrogen) atoms. The minimum Gasteiger partial charge on any atom is -0.479 e. The van der Waals surface area contributed by atoms with Crippen LogP contribution in [0.15, 0.2) is 0 Å². The van der Waals surface area contributed by atoms with E-state index in [4.69, 9.17) is 4.74 Å². The molecule has 2 unspecified atom stereocenters. The SMILES string of the molecule is CC1CC(C(=O)O)(N(C=O)C2CC2)CCO1. The van der Waals surface area contributed by atoms with Gasteiger partial charge in [0.15, 0.2) is 0 Å². The summed E-state index contributed by atoms with van der Waals surface area (Å²) >= 11 is 0. The molecule has 0 spiro atoms. The highest BCUT2D eigenvalue weighted by Crippen LogP contribution is 2.38. The average molecular weight is 227 g/mol. The molecule has 90 valence electrons. The van der Waals surface area contributed by atoms with Gasteiger partial charge in [0.25, 0.3) is 0 Å². The van der Waals surface area contributed by atoms with Crippen LogP contribution in [0, 0.1) is 0 Å². The van der Waals surface area contributed by atoms with Crippen LogP contribution < -0.4 is 0 Å².